The van der Waals surface area contributed by atoms with E-state index in [9.17, 15) is 4.79 Å². The van der Waals surface area contributed by atoms with Gasteiger partial charge < -0.3 is 10.1 Å². The molecule has 6 heteroatoms. The van der Waals surface area contributed by atoms with Gasteiger partial charge in [0.2, 0.25) is 0 Å². The second kappa shape index (κ2) is 7.65. The zero-order valence-corrected chi connectivity index (χ0v) is 13.1. The van der Waals surface area contributed by atoms with E-state index in [1.165, 1.54) is 0 Å². The number of nitrogens with zero attached hydrogens (tertiary/aromatic N) is 2. The summed E-state index contributed by atoms with van der Waals surface area (Å²) in [6.45, 7) is 5.91. The van der Waals surface area contributed by atoms with Crippen LogP contribution < -0.4 is 5.32 Å². The number of hydrogen-bond donors (Lipinski definition) is 1. The van der Waals surface area contributed by atoms with Gasteiger partial charge in [0, 0.05) is 12.7 Å². The molecule has 1 aromatic rings. The fourth-order valence-corrected chi connectivity index (χ4v) is 1.57. The molecule has 1 aromatic heterocycles. The molecule has 0 aliphatic carbocycles. The zero-order valence-electron chi connectivity index (χ0n) is 12.3. The molecule has 0 unspecified atom stereocenters. The van der Waals surface area contributed by atoms with Crippen LogP contribution >= 0.6 is 11.6 Å². The number of nitrogens with one attached hydrogen (secondary N) is 1. The van der Waals surface area contributed by atoms with Crippen molar-refractivity contribution in [1.82, 2.24) is 10.3 Å². The number of alkyl carbamates (subject to hydrolysis) is 1. The van der Waals surface area contributed by atoms with Gasteiger partial charge in [0.15, 0.2) is 0 Å². The number of halogens is 1. The van der Waals surface area contributed by atoms with E-state index in [0.717, 1.165) is 5.56 Å². The number of nitriles is 1. The van der Waals surface area contributed by atoms with Crippen LogP contribution in [0, 0.1) is 11.3 Å². The topological polar surface area (TPSA) is 75.0 Å². The van der Waals surface area contributed by atoms with Crippen molar-refractivity contribution in [3.05, 3.63) is 34.6 Å². The van der Waals surface area contributed by atoms with Crippen LogP contribution in [-0.2, 0) is 4.74 Å². The lowest BCUT2D eigenvalue weighted by Crippen LogP contribution is -2.32. The molecule has 1 N–H and O–H groups in total. The molecule has 0 radical (unpaired) electrons. The van der Waals surface area contributed by atoms with Gasteiger partial charge in [-0.3, -0.25) is 0 Å². The molecule has 0 aliphatic heterocycles. The Morgan fingerprint density at radius 2 is 2.29 bits per heavy atom. The molecule has 0 bridgehead atoms. The fourth-order valence-electron chi connectivity index (χ4n) is 1.42. The fraction of sp³-hybridized carbons (Fsp3) is 0.400. The summed E-state index contributed by atoms with van der Waals surface area (Å²) in [6.07, 6.45) is 5.49. The summed E-state index contributed by atoms with van der Waals surface area (Å²) in [6, 6.07) is 3.63. The highest BCUT2D eigenvalue weighted by Crippen LogP contribution is 2.14. The Morgan fingerprint density at radius 1 is 1.57 bits per heavy atom. The molecule has 1 rings (SSSR count). The van der Waals surface area contributed by atoms with E-state index in [4.69, 9.17) is 21.6 Å². The van der Waals surface area contributed by atoms with E-state index in [1.807, 2.05) is 39.0 Å². The Morgan fingerprint density at radius 3 is 2.90 bits per heavy atom. The Labute approximate surface area is 129 Å². The molecule has 0 saturated heterocycles. The summed E-state index contributed by atoms with van der Waals surface area (Å²) in [5, 5.41) is 11.7. The summed E-state index contributed by atoms with van der Waals surface area (Å²) in [4.78, 5) is 15.3. The van der Waals surface area contributed by atoms with Gasteiger partial charge in [0.05, 0.1) is 5.56 Å². The number of amides is 1. The Bertz CT molecular complexity index is 571. The third-order valence-electron chi connectivity index (χ3n) is 2.27. The van der Waals surface area contributed by atoms with E-state index < -0.39 is 11.7 Å². The minimum atomic E-state index is -0.497. The van der Waals surface area contributed by atoms with E-state index in [1.54, 1.807) is 12.3 Å². The van der Waals surface area contributed by atoms with Gasteiger partial charge in [-0.15, -0.1) is 0 Å². The maximum Gasteiger partial charge on any atom is 0.407 e. The molecule has 0 fully saturated rings. The first-order valence-electron chi connectivity index (χ1n) is 6.51. The molecule has 21 heavy (non-hydrogen) atoms. The average Bonchev–Trinajstić information content (AvgIpc) is 2.38. The lowest BCUT2D eigenvalue weighted by Gasteiger charge is -2.19. The summed E-state index contributed by atoms with van der Waals surface area (Å²) in [7, 11) is 0. The molecule has 0 aliphatic rings. The van der Waals surface area contributed by atoms with Gasteiger partial charge in [-0.25, -0.2) is 9.78 Å². The van der Waals surface area contributed by atoms with Crippen LogP contribution in [-0.4, -0.2) is 23.2 Å². The summed E-state index contributed by atoms with van der Waals surface area (Å²) < 4.78 is 5.11. The second-order valence-corrected chi connectivity index (χ2v) is 5.70. The number of carbonyl (C=O) groups is 1. The Hall–Kier alpha value is -2.06. The van der Waals surface area contributed by atoms with Crippen LogP contribution in [0.3, 0.4) is 0 Å². The number of rotatable bonds is 4. The van der Waals surface area contributed by atoms with Crippen molar-refractivity contribution < 1.29 is 9.53 Å². The van der Waals surface area contributed by atoms with Crippen molar-refractivity contribution in [2.24, 2.45) is 0 Å². The number of ether oxygens (including phenoxy) is 1. The van der Waals surface area contributed by atoms with Gasteiger partial charge in [-0.05, 0) is 38.8 Å². The minimum absolute atomic E-state index is 0.196. The van der Waals surface area contributed by atoms with Gasteiger partial charge in [-0.1, -0.05) is 23.8 Å². The minimum Gasteiger partial charge on any atom is -0.444 e. The van der Waals surface area contributed by atoms with Crippen LogP contribution in [0.1, 0.15) is 38.3 Å². The maximum absolute atomic E-state index is 11.4. The molecular weight excluding hydrogens is 290 g/mol. The smallest absolute Gasteiger partial charge is 0.407 e. The Balaban J connectivity index is 2.39. The predicted molar refractivity (Wildman–Crippen MR) is 81.8 cm³/mol. The van der Waals surface area contributed by atoms with E-state index in [2.05, 4.69) is 10.3 Å². The van der Waals surface area contributed by atoms with Crippen LogP contribution in [0.5, 0.6) is 0 Å². The van der Waals surface area contributed by atoms with Gasteiger partial charge in [-0.2, -0.15) is 5.26 Å². The molecule has 0 spiro atoms. The standard InChI is InChI=1S/C15H18ClN3O2/c1-15(2,3)21-14(20)18-7-5-4-6-11-8-12(9-17)13(16)19-10-11/h4,6,8,10H,5,7H2,1-3H3,(H,18,20). The molecular formula is C15H18ClN3O2. The van der Waals surface area contributed by atoms with Crippen LogP contribution in [0.4, 0.5) is 4.79 Å². The summed E-state index contributed by atoms with van der Waals surface area (Å²) >= 11 is 5.75. The number of carbonyl (C=O) groups excluding carboxylic acids is 1. The Kier molecular flexibility index (Phi) is 6.19. The number of hydrogen-bond acceptors (Lipinski definition) is 4. The normalized spacial score (nSPS) is 11.2. The van der Waals surface area contributed by atoms with Crippen molar-refractivity contribution in [1.29, 1.82) is 5.26 Å². The third kappa shape index (κ3) is 6.77. The molecule has 1 amide bonds. The molecule has 0 saturated carbocycles. The van der Waals surface area contributed by atoms with Crippen LogP contribution in [0.2, 0.25) is 5.15 Å². The van der Waals surface area contributed by atoms with E-state index >= 15 is 0 Å². The highest BCUT2D eigenvalue weighted by atomic mass is 35.5. The van der Waals surface area contributed by atoms with Gasteiger partial charge in [0.1, 0.15) is 16.8 Å². The first-order chi connectivity index (χ1) is 9.81. The summed E-state index contributed by atoms with van der Waals surface area (Å²) in [5.41, 5.74) is 0.627. The first kappa shape index (κ1) is 17.0. The second-order valence-electron chi connectivity index (χ2n) is 5.34. The van der Waals surface area contributed by atoms with Crippen molar-refractivity contribution in [2.75, 3.05) is 6.54 Å². The quantitative estimate of drug-likeness (QED) is 0.682. The first-order valence-corrected chi connectivity index (χ1v) is 6.88. The zero-order chi connectivity index (χ0) is 15.9. The van der Waals surface area contributed by atoms with Crippen LogP contribution in [0.15, 0.2) is 18.3 Å². The van der Waals surface area contributed by atoms with Crippen molar-refractivity contribution in [3.63, 3.8) is 0 Å². The average molecular weight is 308 g/mol. The largest absolute Gasteiger partial charge is 0.444 e. The lowest BCUT2D eigenvalue weighted by atomic mass is 10.2. The molecule has 0 atom stereocenters. The number of aromatic nitrogens is 1. The highest BCUT2D eigenvalue weighted by molar-refractivity contribution is 6.30. The van der Waals surface area contributed by atoms with Crippen LogP contribution in [0.25, 0.3) is 6.08 Å². The number of pyridine rings is 1. The van der Waals surface area contributed by atoms with Crippen molar-refractivity contribution >= 4 is 23.8 Å². The SMILES string of the molecule is CC(C)(C)OC(=O)NCCC=Cc1cnc(Cl)c(C#N)c1. The van der Waals surface area contributed by atoms with E-state index in [-0.39, 0.29) is 5.15 Å². The molecule has 1 heterocycles. The predicted octanol–water partition coefficient (Wildman–Crippen LogP) is 3.53. The van der Waals surface area contributed by atoms with Gasteiger partial charge in [0.25, 0.3) is 0 Å². The van der Waals surface area contributed by atoms with Crippen molar-refractivity contribution in [2.45, 2.75) is 32.8 Å². The molecule has 112 valence electrons. The third-order valence-corrected chi connectivity index (χ3v) is 2.57. The molecule has 5 nitrogen and oxygen atoms in total. The highest BCUT2D eigenvalue weighted by Gasteiger charge is 2.15. The van der Waals surface area contributed by atoms with Gasteiger partial charge >= 0.3 is 6.09 Å². The summed E-state index contributed by atoms with van der Waals surface area (Å²) in [5.74, 6) is 0. The lowest BCUT2D eigenvalue weighted by molar-refractivity contribution is 0.0529. The van der Waals surface area contributed by atoms with E-state index in [0.29, 0.717) is 18.5 Å². The van der Waals surface area contributed by atoms with Crippen molar-refractivity contribution in [3.8, 4) is 6.07 Å². The maximum atomic E-state index is 11.4. The monoisotopic (exact) mass is 307 g/mol. The molecule has 0 aromatic carbocycles.